The Hall–Kier alpha value is -0.150. The second kappa shape index (κ2) is 6.38. The molecule has 0 spiro atoms. The van der Waals surface area contributed by atoms with E-state index in [1.807, 2.05) is 25.8 Å². The second-order valence-corrected chi connectivity index (χ2v) is 3.43. The van der Waals surface area contributed by atoms with E-state index in [1.165, 1.54) is 0 Å². The van der Waals surface area contributed by atoms with E-state index in [4.69, 9.17) is 4.74 Å². The largest absolute Gasteiger partial charge is 0.382 e. The molecule has 0 radical (unpaired) electrons. The summed E-state index contributed by atoms with van der Waals surface area (Å²) < 4.78 is 16.9. The first-order valence-electron chi connectivity index (χ1n) is 4.41. The van der Waals surface area contributed by atoms with E-state index in [0.29, 0.717) is 12.6 Å². The smallest absolute Gasteiger partial charge is 0.114 e. The Morgan fingerprint density at radius 2 is 2.00 bits per heavy atom. The van der Waals surface area contributed by atoms with E-state index >= 15 is 0 Å². The lowest BCUT2D eigenvalue weighted by molar-refractivity contribution is 0.134. The minimum atomic E-state index is -0.551. The molecule has 0 amide bonds. The molecule has 1 saturated heterocycles. The fourth-order valence-corrected chi connectivity index (χ4v) is 0.881. The van der Waals surface area contributed by atoms with Crippen LogP contribution >= 0.6 is 0 Å². The summed E-state index contributed by atoms with van der Waals surface area (Å²) in [5, 5.41) is 0. The molecule has 12 heavy (non-hydrogen) atoms. The molecule has 0 bridgehead atoms. The lowest BCUT2D eigenvalue weighted by atomic mass is 10.4. The Morgan fingerprint density at radius 3 is 2.08 bits per heavy atom. The van der Waals surface area contributed by atoms with Crippen molar-refractivity contribution in [3.63, 3.8) is 0 Å². The number of likely N-dealkylation sites (tertiary alicyclic amines) is 1. The number of rotatable bonds is 1. The molecule has 0 aliphatic carbocycles. The van der Waals surface area contributed by atoms with E-state index in [9.17, 15) is 4.39 Å². The summed E-state index contributed by atoms with van der Waals surface area (Å²) in [5.41, 5.74) is 0. The Balaban J connectivity index is 0.000000217. The first-order chi connectivity index (χ1) is 5.56. The zero-order chi connectivity index (χ0) is 9.56. The fourth-order valence-electron chi connectivity index (χ4n) is 0.881. The molecule has 1 aliphatic rings. The molecule has 0 aromatic carbocycles. The van der Waals surface area contributed by atoms with E-state index in [-0.39, 0.29) is 0 Å². The Morgan fingerprint density at radius 1 is 1.50 bits per heavy atom. The van der Waals surface area contributed by atoms with Gasteiger partial charge in [0.2, 0.25) is 0 Å². The number of alkyl halides is 1. The van der Waals surface area contributed by atoms with Crippen LogP contribution in [0, 0.1) is 0 Å². The van der Waals surface area contributed by atoms with Gasteiger partial charge in [0, 0.05) is 20.2 Å². The van der Waals surface area contributed by atoms with Crippen molar-refractivity contribution in [1.82, 2.24) is 4.90 Å². The molecule has 3 heteroatoms. The number of nitrogens with zero attached hydrogens (tertiary/aromatic N) is 1. The highest BCUT2D eigenvalue weighted by atomic mass is 19.1. The minimum absolute atomic E-state index is 0.384. The van der Waals surface area contributed by atoms with Crippen LogP contribution in [0.15, 0.2) is 0 Å². The zero-order valence-corrected chi connectivity index (χ0v) is 8.51. The van der Waals surface area contributed by atoms with Gasteiger partial charge in [-0.05, 0) is 27.3 Å². The van der Waals surface area contributed by atoms with Crippen molar-refractivity contribution in [2.24, 2.45) is 0 Å². The molecule has 0 N–H and O–H groups in total. The van der Waals surface area contributed by atoms with E-state index < -0.39 is 6.17 Å². The average Bonchev–Trinajstić information content (AvgIpc) is 2.36. The zero-order valence-electron chi connectivity index (χ0n) is 8.51. The third-order valence-electron chi connectivity index (χ3n) is 1.81. The summed E-state index contributed by atoms with van der Waals surface area (Å²) in [4.78, 5) is 2.00. The monoisotopic (exact) mass is 177 g/mol. The molecule has 1 unspecified atom stereocenters. The van der Waals surface area contributed by atoms with Crippen molar-refractivity contribution in [1.29, 1.82) is 0 Å². The lowest BCUT2D eigenvalue weighted by Gasteiger charge is -2.01. The maximum absolute atomic E-state index is 12.1. The molecule has 1 aliphatic heterocycles. The normalized spacial score (nSPS) is 24.0. The quantitative estimate of drug-likeness (QED) is 0.604. The number of halogens is 1. The molecule has 1 rings (SSSR count). The standard InChI is InChI=1S/C5H10FN.C4H10O/c1-7-3-2-5(6)4-7;1-4(2)5-3/h5H,2-4H2,1H3;4H,1-3H3. The van der Waals surface area contributed by atoms with Gasteiger partial charge in [0.25, 0.3) is 0 Å². The molecule has 74 valence electrons. The molecule has 1 fully saturated rings. The van der Waals surface area contributed by atoms with Crippen molar-refractivity contribution in [2.75, 3.05) is 27.2 Å². The highest BCUT2D eigenvalue weighted by molar-refractivity contribution is 4.70. The molecule has 1 atom stereocenters. The van der Waals surface area contributed by atoms with Crippen LogP contribution < -0.4 is 0 Å². The molecular formula is C9H20FNO. The Bertz CT molecular complexity index is 101. The highest BCUT2D eigenvalue weighted by Gasteiger charge is 2.17. The van der Waals surface area contributed by atoms with Crippen molar-refractivity contribution in [2.45, 2.75) is 32.5 Å². The van der Waals surface area contributed by atoms with Crippen LogP contribution in [0.3, 0.4) is 0 Å². The van der Waals surface area contributed by atoms with Gasteiger partial charge in [0.1, 0.15) is 6.17 Å². The van der Waals surface area contributed by atoms with Crippen LogP contribution in [0.5, 0.6) is 0 Å². The van der Waals surface area contributed by atoms with Crippen LogP contribution in [-0.4, -0.2) is 44.4 Å². The predicted octanol–water partition coefficient (Wildman–Crippen LogP) is 1.70. The number of hydrogen-bond acceptors (Lipinski definition) is 2. The minimum Gasteiger partial charge on any atom is -0.382 e. The second-order valence-electron chi connectivity index (χ2n) is 3.43. The number of methoxy groups -OCH3 is 1. The maximum Gasteiger partial charge on any atom is 0.114 e. The predicted molar refractivity (Wildman–Crippen MR) is 49.2 cm³/mol. The van der Waals surface area contributed by atoms with Crippen LogP contribution in [0.1, 0.15) is 20.3 Å². The third-order valence-corrected chi connectivity index (χ3v) is 1.81. The van der Waals surface area contributed by atoms with Gasteiger partial charge in [-0.1, -0.05) is 0 Å². The van der Waals surface area contributed by atoms with Gasteiger partial charge in [0.15, 0.2) is 0 Å². The molecule has 0 saturated carbocycles. The fraction of sp³-hybridized carbons (Fsp3) is 1.00. The summed E-state index contributed by atoms with van der Waals surface area (Å²) in [6.07, 6.45) is 0.566. The summed E-state index contributed by atoms with van der Waals surface area (Å²) in [6.45, 7) is 5.57. The topological polar surface area (TPSA) is 12.5 Å². The van der Waals surface area contributed by atoms with E-state index in [1.54, 1.807) is 7.11 Å². The molecule has 2 nitrogen and oxygen atoms in total. The lowest BCUT2D eigenvalue weighted by Crippen LogP contribution is -2.13. The summed E-state index contributed by atoms with van der Waals surface area (Å²) in [6, 6.07) is 0. The average molecular weight is 177 g/mol. The number of ether oxygens (including phenoxy) is 1. The van der Waals surface area contributed by atoms with Crippen molar-refractivity contribution >= 4 is 0 Å². The van der Waals surface area contributed by atoms with Gasteiger partial charge in [0.05, 0.1) is 6.10 Å². The van der Waals surface area contributed by atoms with Gasteiger partial charge >= 0.3 is 0 Å². The van der Waals surface area contributed by atoms with Gasteiger partial charge in [-0.25, -0.2) is 4.39 Å². The van der Waals surface area contributed by atoms with E-state index in [0.717, 1.165) is 13.0 Å². The molecule has 0 aromatic rings. The van der Waals surface area contributed by atoms with Crippen LogP contribution in [0.25, 0.3) is 0 Å². The van der Waals surface area contributed by atoms with Gasteiger partial charge in [-0.3, -0.25) is 0 Å². The van der Waals surface area contributed by atoms with Crippen molar-refractivity contribution in [3.8, 4) is 0 Å². The molecular weight excluding hydrogens is 157 g/mol. The Labute approximate surface area is 74.7 Å². The van der Waals surface area contributed by atoms with Gasteiger partial charge < -0.3 is 9.64 Å². The summed E-state index contributed by atoms with van der Waals surface area (Å²) in [7, 11) is 3.64. The summed E-state index contributed by atoms with van der Waals surface area (Å²) >= 11 is 0. The van der Waals surface area contributed by atoms with Gasteiger partial charge in [-0.15, -0.1) is 0 Å². The summed E-state index contributed by atoms with van der Waals surface area (Å²) in [5.74, 6) is 0. The highest BCUT2D eigenvalue weighted by Crippen LogP contribution is 2.08. The third kappa shape index (κ3) is 6.55. The molecule has 0 aromatic heterocycles. The van der Waals surface area contributed by atoms with Gasteiger partial charge in [-0.2, -0.15) is 0 Å². The van der Waals surface area contributed by atoms with Crippen LogP contribution in [0.2, 0.25) is 0 Å². The van der Waals surface area contributed by atoms with Crippen LogP contribution in [-0.2, 0) is 4.74 Å². The maximum atomic E-state index is 12.1. The Kier molecular flexibility index (Phi) is 6.30. The van der Waals surface area contributed by atoms with Crippen LogP contribution in [0.4, 0.5) is 4.39 Å². The first kappa shape index (κ1) is 11.8. The van der Waals surface area contributed by atoms with Crippen molar-refractivity contribution in [3.05, 3.63) is 0 Å². The number of hydrogen-bond donors (Lipinski definition) is 0. The molecule has 1 heterocycles. The first-order valence-corrected chi connectivity index (χ1v) is 4.41. The van der Waals surface area contributed by atoms with Crippen molar-refractivity contribution < 1.29 is 9.13 Å². The SMILES string of the molecule is CN1CCC(F)C1.COC(C)C. The van der Waals surface area contributed by atoms with E-state index in [2.05, 4.69) is 0 Å².